The maximum absolute atomic E-state index is 14.3. The van der Waals surface area contributed by atoms with Crippen LogP contribution in [-0.4, -0.2) is 110 Å². The van der Waals surface area contributed by atoms with Crippen LogP contribution in [0.25, 0.3) is 10.9 Å². The Bertz CT molecular complexity index is 1990. The third kappa shape index (κ3) is 11.4. The predicted molar refractivity (Wildman–Crippen MR) is 211 cm³/mol. The van der Waals surface area contributed by atoms with Gasteiger partial charge >= 0.3 is 6.03 Å². The number of aromatic nitrogens is 3. The molecule has 12 N–H and O–H groups in total. The molecule has 18 heteroatoms. The largest absolute Gasteiger partial charge is 0.368 e. The summed E-state index contributed by atoms with van der Waals surface area (Å²) < 4.78 is 0. The van der Waals surface area contributed by atoms with Crippen LogP contribution in [0.4, 0.5) is 4.79 Å². The maximum atomic E-state index is 14.3. The first kappa shape index (κ1) is 41.9. The summed E-state index contributed by atoms with van der Waals surface area (Å²) in [5.41, 5.74) is 22.8. The van der Waals surface area contributed by atoms with Gasteiger partial charge < -0.3 is 48.0 Å². The summed E-state index contributed by atoms with van der Waals surface area (Å²) in [4.78, 5) is 92.2. The number of amides is 7. The number of unbranched alkanes of at least 4 members (excludes halogenated alkanes) is 1. The van der Waals surface area contributed by atoms with Crippen LogP contribution in [0.2, 0.25) is 0 Å². The smallest absolute Gasteiger partial charge is 0.339 e. The average molecular weight is 785 g/mol. The quantitative estimate of drug-likeness (QED) is 0.0539. The lowest BCUT2D eigenvalue weighted by Crippen LogP contribution is -2.63. The van der Waals surface area contributed by atoms with Crippen molar-refractivity contribution >= 4 is 46.5 Å². The van der Waals surface area contributed by atoms with Crippen LogP contribution in [0.3, 0.4) is 0 Å². The zero-order valence-electron chi connectivity index (χ0n) is 31.9. The fourth-order valence-electron chi connectivity index (χ4n) is 6.70. The van der Waals surface area contributed by atoms with Crippen molar-refractivity contribution in [1.82, 2.24) is 46.2 Å². The van der Waals surface area contributed by atoms with Gasteiger partial charge in [0, 0.05) is 61.3 Å². The zero-order valence-corrected chi connectivity index (χ0v) is 31.9. The van der Waals surface area contributed by atoms with Gasteiger partial charge in [-0.1, -0.05) is 48.5 Å². The minimum absolute atomic E-state index is 0.0291. The number of rotatable bonds is 20. The van der Waals surface area contributed by atoms with E-state index in [0.29, 0.717) is 31.5 Å². The van der Waals surface area contributed by atoms with Crippen molar-refractivity contribution in [3.05, 3.63) is 90.1 Å². The molecule has 3 heterocycles. The summed E-state index contributed by atoms with van der Waals surface area (Å²) in [5, 5.41) is 10.3. The summed E-state index contributed by atoms with van der Waals surface area (Å²) in [6.45, 7) is 2.36. The highest BCUT2D eigenvalue weighted by Gasteiger charge is 2.36. The molecule has 1 aliphatic rings. The van der Waals surface area contributed by atoms with Crippen LogP contribution in [0.1, 0.15) is 49.4 Å². The SMILES string of the molecule is C[C@@H](C(=O)N[C@@H](Cc1c[nH]c2ccccc12)C(=O)N[C@H](Cc1ccccc1)C(=O)N[C@@H](CCCCN)C(N)=O)N1CCCN(NC(=O)[C@@H](N)Cc2cnc[nH]2)C1=O. The lowest BCUT2D eigenvalue weighted by molar-refractivity contribution is -0.134. The third-order valence-electron chi connectivity index (χ3n) is 9.94. The van der Waals surface area contributed by atoms with E-state index in [9.17, 15) is 28.8 Å². The van der Waals surface area contributed by atoms with Gasteiger partial charge in [-0.25, -0.2) is 14.8 Å². The predicted octanol–water partition coefficient (Wildman–Crippen LogP) is -0.138. The van der Waals surface area contributed by atoms with E-state index in [2.05, 4.69) is 36.3 Å². The Morgan fingerprint density at radius 2 is 1.51 bits per heavy atom. The molecule has 0 radical (unpaired) electrons. The van der Waals surface area contributed by atoms with Gasteiger partial charge in [0.25, 0.3) is 5.91 Å². The zero-order chi connectivity index (χ0) is 40.9. The molecule has 0 spiro atoms. The molecule has 57 heavy (non-hydrogen) atoms. The van der Waals surface area contributed by atoms with E-state index in [4.69, 9.17) is 17.2 Å². The second-order valence-electron chi connectivity index (χ2n) is 14.1. The molecular formula is C39H52N12O6. The molecule has 1 saturated heterocycles. The number of aromatic amines is 2. The lowest BCUT2D eigenvalue weighted by Gasteiger charge is -2.38. The number of carbonyl (C=O) groups excluding carboxylic acids is 6. The van der Waals surface area contributed by atoms with Crippen molar-refractivity contribution in [1.29, 1.82) is 0 Å². The molecule has 2 aromatic heterocycles. The number of carbonyl (C=O) groups is 6. The molecule has 304 valence electrons. The number of fused-ring (bicyclic) bond motifs is 1. The highest BCUT2D eigenvalue weighted by molar-refractivity contribution is 5.96. The summed E-state index contributed by atoms with van der Waals surface area (Å²) in [6.07, 6.45) is 6.95. The number of urea groups is 1. The first-order valence-electron chi connectivity index (χ1n) is 19.1. The molecule has 4 aromatic rings. The average Bonchev–Trinajstić information content (AvgIpc) is 3.87. The molecule has 1 aliphatic heterocycles. The van der Waals surface area contributed by atoms with Crippen LogP contribution in [0.15, 0.2) is 73.3 Å². The van der Waals surface area contributed by atoms with Gasteiger partial charge in [-0.3, -0.25) is 29.4 Å². The van der Waals surface area contributed by atoms with Crippen molar-refractivity contribution in [3.63, 3.8) is 0 Å². The lowest BCUT2D eigenvalue weighted by atomic mass is 10.0. The number of imidazole rings is 1. The maximum Gasteiger partial charge on any atom is 0.339 e. The summed E-state index contributed by atoms with van der Waals surface area (Å²) in [6, 6.07) is 10.5. The monoisotopic (exact) mass is 784 g/mol. The topological polar surface area (TPSA) is 280 Å². The fourth-order valence-corrected chi connectivity index (χ4v) is 6.70. The highest BCUT2D eigenvalue weighted by atomic mass is 16.2. The molecule has 0 aliphatic carbocycles. The van der Waals surface area contributed by atoms with Gasteiger partial charge in [-0.15, -0.1) is 0 Å². The first-order chi connectivity index (χ1) is 27.4. The normalized spacial score (nSPS) is 15.6. The van der Waals surface area contributed by atoms with E-state index in [-0.39, 0.29) is 38.8 Å². The highest BCUT2D eigenvalue weighted by Crippen LogP contribution is 2.20. The molecule has 5 atom stereocenters. The second kappa shape index (κ2) is 20.1. The third-order valence-corrected chi connectivity index (χ3v) is 9.94. The molecule has 5 rings (SSSR count). The number of hydrogen-bond donors (Lipinski definition) is 9. The molecule has 0 saturated carbocycles. The number of benzene rings is 2. The summed E-state index contributed by atoms with van der Waals surface area (Å²) in [5.74, 6) is -3.23. The van der Waals surface area contributed by atoms with Crippen LogP contribution < -0.4 is 38.6 Å². The Hall–Kier alpha value is -6.27. The van der Waals surface area contributed by atoms with E-state index in [1.54, 1.807) is 36.7 Å². The van der Waals surface area contributed by atoms with Crippen molar-refractivity contribution in [3.8, 4) is 0 Å². The Morgan fingerprint density at radius 1 is 0.825 bits per heavy atom. The number of para-hydroxylation sites is 1. The number of nitrogens with zero attached hydrogens (tertiary/aromatic N) is 3. The Balaban J connectivity index is 1.34. The van der Waals surface area contributed by atoms with E-state index in [1.807, 2.05) is 30.3 Å². The van der Waals surface area contributed by atoms with E-state index >= 15 is 0 Å². The van der Waals surface area contributed by atoms with Gasteiger partial charge in [0.1, 0.15) is 24.2 Å². The van der Waals surface area contributed by atoms with Crippen LogP contribution in [-0.2, 0) is 43.2 Å². The van der Waals surface area contributed by atoms with Gasteiger partial charge in [0.15, 0.2) is 0 Å². The minimum Gasteiger partial charge on any atom is -0.368 e. The molecule has 18 nitrogen and oxygen atoms in total. The van der Waals surface area contributed by atoms with Gasteiger partial charge in [-0.2, -0.15) is 0 Å². The Labute approximate surface area is 330 Å². The van der Waals surface area contributed by atoms with Crippen molar-refractivity contribution in [2.75, 3.05) is 19.6 Å². The van der Waals surface area contributed by atoms with Crippen LogP contribution in [0, 0.1) is 0 Å². The van der Waals surface area contributed by atoms with Gasteiger partial charge in [-0.05, 0) is 56.3 Å². The van der Waals surface area contributed by atoms with Gasteiger partial charge in [0.2, 0.25) is 23.6 Å². The van der Waals surface area contributed by atoms with E-state index < -0.39 is 65.8 Å². The summed E-state index contributed by atoms with van der Waals surface area (Å²) >= 11 is 0. The molecule has 7 amide bonds. The summed E-state index contributed by atoms with van der Waals surface area (Å²) in [7, 11) is 0. The number of nitrogens with one attached hydrogen (secondary N) is 6. The van der Waals surface area contributed by atoms with E-state index in [1.165, 1.54) is 18.2 Å². The standard InChI is InChI=1S/C39H52N12O6/c1-24(50-16-9-17-51(39(50)57)49-36(54)29(41)20-27-22-43-23-45-27)35(53)47-33(19-26-21-44-30-13-6-5-12-28(26)30)38(56)48-32(18-25-10-3-2-4-11-25)37(55)46-31(34(42)52)14-7-8-15-40/h2-6,10-13,21-24,29,31-33,44H,7-9,14-20,40-41H2,1H3,(H2,42,52)(H,43,45)(H,46,55)(H,47,53)(H,48,56)(H,49,54)/t24-,29-,31-,32+,33-/m0/s1. The van der Waals surface area contributed by atoms with E-state index in [0.717, 1.165) is 27.0 Å². The molecule has 0 bridgehead atoms. The van der Waals surface area contributed by atoms with Crippen LogP contribution >= 0.6 is 0 Å². The Kier molecular flexibility index (Phi) is 14.7. The minimum atomic E-state index is -1.21. The molecule has 2 aromatic carbocycles. The molecule has 0 unspecified atom stereocenters. The number of primary amides is 1. The van der Waals surface area contributed by atoms with Gasteiger partial charge in [0.05, 0.1) is 12.4 Å². The molecular weight excluding hydrogens is 733 g/mol. The van der Waals surface area contributed by atoms with Crippen molar-refractivity contribution in [2.24, 2.45) is 17.2 Å². The second-order valence-corrected chi connectivity index (χ2v) is 14.1. The van der Waals surface area contributed by atoms with Crippen LogP contribution in [0.5, 0.6) is 0 Å². The van der Waals surface area contributed by atoms with Crippen molar-refractivity contribution < 1.29 is 28.8 Å². The number of hydrogen-bond acceptors (Lipinski definition) is 9. The number of nitrogens with two attached hydrogens (primary N) is 3. The first-order valence-corrected chi connectivity index (χ1v) is 19.1. The fraction of sp³-hybridized carbons (Fsp3) is 0.410. The number of hydrazine groups is 1. The number of H-pyrrole nitrogens is 2. The van der Waals surface area contributed by atoms with Crippen molar-refractivity contribution in [2.45, 2.75) is 82.1 Å². The Morgan fingerprint density at radius 3 is 2.21 bits per heavy atom. The molecule has 1 fully saturated rings.